The number of rotatable bonds is 2. The molecule has 20 heavy (non-hydrogen) atoms. The van der Waals surface area contributed by atoms with Crippen molar-refractivity contribution in [1.82, 2.24) is 0 Å². The van der Waals surface area contributed by atoms with Gasteiger partial charge in [0.15, 0.2) is 23.3 Å². The van der Waals surface area contributed by atoms with Crippen LogP contribution in [-0.4, -0.2) is 0 Å². The Morgan fingerprint density at radius 1 is 0.850 bits per heavy atom. The Balaban J connectivity index is 2.54. The molecular weight excluding hydrogens is 301 g/mol. The van der Waals surface area contributed by atoms with Crippen LogP contribution in [0.5, 0.6) is 0 Å². The summed E-state index contributed by atoms with van der Waals surface area (Å²) in [6, 6.07) is 4.27. The minimum absolute atomic E-state index is 0.178. The van der Waals surface area contributed by atoms with Crippen molar-refractivity contribution in [3.8, 4) is 0 Å². The minimum atomic E-state index is -2.20. The molecular formula is C13H7ClF5N. The molecule has 0 saturated carbocycles. The van der Waals surface area contributed by atoms with Crippen LogP contribution in [0.15, 0.2) is 18.2 Å². The molecule has 2 aromatic rings. The molecule has 0 aliphatic heterocycles. The maximum atomic E-state index is 13.5. The second-order valence-corrected chi connectivity index (χ2v) is 4.47. The lowest BCUT2D eigenvalue weighted by Crippen LogP contribution is -2.07. The molecule has 0 radical (unpaired) electrons. The van der Waals surface area contributed by atoms with Gasteiger partial charge in [-0.05, 0) is 30.7 Å². The number of anilines is 2. The maximum Gasteiger partial charge on any atom is 0.200 e. The molecule has 0 spiro atoms. The van der Waals surface area contributed by atoms with Crippen LogP contribution >= 0.6 is 11.6 Å². The highest BCUT2D eigenvalue weighted by Gasteiger charge is 2.26. The second kappa shape index (κ2) is 5.28. The molecule has 106 valence electrons. The monoisotopic (exact) mass is 307 g/mol. The molecule has 0 atom stereocenters. The van der Waals surface area contributed by atoms with Gasteiger partial charge < -0.3 is 5.32 Å². The van der Waals surface area contributed by atoms with E-state index >= 15 is 0 Å². The zero-order valence-electron chi connectivity index (χ0n) is 10.00. The van der Waals surface area contributed by atoms with Crippen molar-refractivity contribution in [2.75, 3.05) is 5.32 Å². The number of hydrogen-bond donors (Lipinski definition) is 1. The Bertz CT molecular complexity index is 658. The molecule has 0 unspecified atom stereocenters. The predicted octanol–water partition coefficient (Wildman–Crippen LogP) is 5.09. The average molecular weight is 308 g/mol. The molecule has 0 aliphatic carbocycles. The van der Waals surface area contributed by atoms with Gasteiger partial charge in [0.05, 0.1) is 0 Å². The van der Waals surface area contributed by atoms with Gasteiger partial charge in [-0.1, -0.05) is 11.6 Å². The first-order chi connectivity index (χ1) is 9.32. The Labute approximate surface area is 116 Å². The summed E-state index contributed by atoms with van der Waals surface area (Å²) in [5, 5.41) is 2.57. The molecule has 2 aromatic carbocycles. The summed E-state index contributed by atoms with van der Waals surface area (Å²) in [4.78, 5) is 0. The summed E-state index contributed by atoms with van der Waals surface area (Å²) in [6.45, 7) is 1.57. The lowest BCUT2D eigenvalue weighted by molar-refractivity contribution is 0.382. The maximum absolute atomic E-state index is 13.5. The molecule has 7 heteroatoms. The quantitative estimate of drug-likeness (QED) is 0.463. The van der Waals surface area contributed by atoms with Gasteiger partial charge in [0, 0.05) is 10.7 Å². The molecule has 0 saturated heterocycles. The Kier molecular flexibility index (Phi) is 3.85. The van der Waals surface area contributed by atoms with Crippen molar-refractivity contribution < 1.29 is 22.0 Å². The topological polar surface area (TPSA) is 12.0 Å². The Hall–Kier alpha value is -1.82. The summed E-state index contributed by atoms with van der Waals surface area (Å²) < 4.78 is 66.0. The van der Waals surface area contributed by atoms with Gasteiger partial charge in [0.25, 0.3) is 0 Å². The summed E-state index contributed by atoms with van der Waals surface area (Å²) >= 11 is 5.71. The van der Waals surface area contributed by atoms with Crippen LogP contribution in [0.3, 0.4) is 0 Å². The molecule has 2 rings (SSSR count). The second-order valence-electron chi connectivity index (χ2n) is 4.03. The van der Waals surface area contributed by atoms with Gasteiger partial charge in [0.2, 0.25) is 5.82 Å². The molecule has 0 fully saturated rings. The summed E-state index contributed by atoms with van der Waals surface area (Å²) in [6.07, 6.45) is 0. The van der Waals surface area contributed by atoms with Crippen molar-refractivity contribution in [1.29, 1.82) is 0 Å². The number of nitrogens with one attached hydrogen (secondary N) is 1. The average Bonchev–Trinajstić information content (AvgIpc) is 2.41. The van der Waals surface area contributed by atoms with Crippen LogP contribution in [0.1, 0.15) is 5.56 Å². The van der Waals surface area contributed by atoms with Gasteiger partial charge in [-0.3, -0.25) is 0 Å². The first-order valence-electron chi connectivity index (χ1n) is 5.37. The lowest BCUT2D eigenvalue weighted by atomic mass is 10.2. The van der Waals surface area contributed by atoms with Gasteiger partial charge in [0.1, 0.15) is 5.69 Å². The largest absolute Gasteiger partial charge is 0.350 e. The Morgan fingerprint density at radius 2 is 1.35 bits per heavy atom. The highest BCUT2D eigenvalue weighted by atomic mass is 35.5. The van der Waals surface area contributed by atoms with Gasteiger partial charge in [-0.15, -0.1) is 0 Å². The highest BCUT2D eigenvalue weighted by Crippen LogP contribution is 2.31. The SMILES string of the molecule is Cc1cc(Cl)ccc1Nc1c(F)c(F)c(F)c(F)c1F. The van der Waals surface area contributed by atoms with Gasteiger partial charge in [-0.2, -0.15) is 0 Å². The van der Waals surface area contributed by atoms with E-state index in [0.717, 1.165) is 0 Å². The van der Waals surface area contributed by atoms with Crippen LogP contribution in [-0.2, 0) is 0 Å². The Morgan fingerprint density at radius 3 is 1.85 bits per heavy atom. The summed E-state index contributed by atoms with van der Waals surface area (Å²) in [5.41, 5.74) is -0.439. The van der Waals surface area contributed by atoms with E-state index in [4.69, 9.17) is 11.6 Å². The lowest BCUT2D eigenvalue weighted by Gasteiger charge is -2.13. The molecule has 0 heterocycles. The fraction of sp³-hybridized carbons (Fsp3) is 0.0769. The first kappa shape index (κ1) is 14.6. The summed E-state index contributed by atoms with van der Waals surface area (Å²) in [7, 11) is 0. The molecule has 0 amide bonds. The van der Waals surface area contributed by atoms with Crippen LogP contribution in [0.25, 0.3) is 0 Å². The third-order valence-electron chi connectivity index (χ3n) is 2.66. The zero-order chi connectivity index (χ0) is 15.0. The first-order valence-corrected chi connectivity index (χ1v) is 5.75. The van der Waals surface area contributed by atoms with E-state index in [2.05, 4.69) is 5.32 Å². The van der Waals surface area contributed by atoms with Crippen LogP contribution in [0, 0.1) is 36.0 Å². The summed E-state index contributed by atoms with van der Waals surface area (Å²) in [5.74, 6) is -10.0. The smallest absolute Gasteiger partial charge is 0.200 e. The van der Waals surface area contributed by atoms with Gasteiger partial charge >= 0.3 is 0 Å². The molecule has 1 N–H and O–H groups in total. The number of halogens is 6. The van der Waals surface area contributed by atoms with E-state index in [0.29, 0.717) is 10.6 Å². The standard InChI is InChI=1S/C13H7ClF5N/c1-5-4-6(14)2-3-7(5)20-13-11(18)9(16)8(15)10(17)12(13)19/h2-4,20H,1H3. The fourth-order valence-electron chi connectivity index (χ4n) is 1.62. The van der Waals surface area contributed by atoms with Crippen molar-refractivity contribution in [3.05, 3.63) is 57.9 Å². The normalized spacial score (nSPS) is 10.8. The third kappa shape index (κ3) is 2.43. The molecule has 0 aliphatic rings. The molecule has 0 aromatic heterocycles. The van der Waals surface area contributed by atoms with Gasteiger partial charge in [-0.25, -0.2) is 22.0 Å². The number of benzene rings is 2. The van der Waals surface area contributed by atoms with E-state index in [1.807, 2.05) is 0 Å². The van der Waals surface area contributed by atoms with E-state index in [9.17, 15) is 22.0 Å². The molecule has 0 bridgehead atoms. The van der Waals surface area contributed by atoms with Crippen molar-refractivity contribution in [3.63, 3.8) is 0 Å². The number of aryl methyl sites for hydroxylation is 1. The third-order valence-corrected chi connectivity index (χ3v) is 2.89. The van der Waals surface area contributed by atoms with Crippen LogP contribution in [0.4, 0.5) is 33.3 Å². The van der Waals surface area contributed by atoms with E-state index in [1.54, 1.807) is 6.92 Å². The minimum Gasteiger partial charge on any atom is -0.350 e. The highest BCUT2D eigenvalue weighted by molar-refractivity contribution is 6.30. The van der Waals surface area contributed by atoms with Crippen LogP contribution < -0.4 is 5.32 Å². The van der Waals surface area contributed by atoms with E-state index in [-0.39, 0.29) is 5.69 Å². The van der Waals surface area contributed by atoms with Crippen molar-refractivity contribution in [2.24, 2.45) is 0 Å². The number of hydrogen-bond acceptors (Lipinski definition) is 1. The van der Waals surface area contributed by atoms with Crippen LogP contribution in [0.2, 0.25) is 5.02 Å². The van der Waals surface area contributed by atoms with E-state index in [1.165, 1.54) is 18.2 Å². The predicted molar refractivity (Wildman–Crippen MR) is 65.7 cm³/mol. The van der Waals surface area contributed by atoms with Crippen molar-refractivity contribution >= 4 is 23.0 Å². The van der Waals surface area contributed by atoms with E-state index < -0.39 is 34.8 Å². The fourth-order valence-corrected chi connectivity index (χ4v) is 1.84. The van der Waals surface area contributed by atoms with Crippen molar-refractivity contribution in [2.45, 2.75) is 6.92 Å². The zero-order valence-corrected chi connectivity index (χ0v) is 10.8. The molecule has 1 nitrogen and oxygen atoms in total.